The van der Waals surface area contributed by atoms with E-state index in [9.17, 15) is 23.3 Å². The van der Waals surface area contributed by atoms with Gasteiger partial charge in [-0.2, -0.15) is 0 Å². The number of sulfone groups is 1. The third-order valence-corrected chi connectivity index (χ3v) is 5.71. The number of carboxylic acid groups (broad SMARTS) is 1. The fourth-order valence-electron chi connectivity index (χ4n) is 2.36. The van der Waals surface area contributed by atoms with Crippen molar-refractivity contribution in [2.75, 3.05) is 17.6 Å². The predicted molar refractivity (Wildman–Crippen MR) is 75.4 cm³/mol. The molecule has 1 atom stereocenters. The summed E-state index contributed by atoms with van der Waals surface area (Å²) in [6, 6.07) is 3.69. The highest BCUT2D eigenvalue weighted by atomic mass is 32.2. The summed E-state index contributed by atoms with van der Waals surface area (Å²) in [4.78, 5) is 21.4. The lowest BCUT2D eigenvalue weighted by Gasteiger charge is -2.13. The van der Waals surface area contributed by atoms with Crippen molar-refractivity contribution in [3.8, 4) is 0 Å². The van der Waals surface area contributed by atoms with Gasteiger partial charge < -0.3 is 10.4 Å². The Morgan fingerprint density at radius 2 is 2.19 bits per heavy atom. The Labute approximate surface area is 120 Å². The highest BCUT2D eigenvalue weighted by Crippen LogP contribution is 2.29. The molecular formula is C12H14N2O6S. The van der Waals surface area contributed by atoms with Crippen LogP contribution in [0, 0.1) is 10.1 Å². The van der Waals surface area contributed by atoms with E-state index in [-0.39, 0.29) is 29.2 Å². The number of carbonyl (C=O) groups is 1. The number of nitrogens with one attached hydrogen (secondary N) is 1. The minimum atomic E-state index is -3.20. The average molecular weight is 314 g/mol. The number of aromatic carboxylic acids is 1. The zero-order valence-corrected chi connectivity index (χ0v) is 11.8. The van der Waals surface area contributed by atoms with Crippen molar-refractivity contribution < 1.29 is 23.2 Å². The van der Waals surface area contributed by atoms with Crippen LogP contribution in [-0.2, 0) is 9.84 Å². The van der Waals surface area contributed by atoms with Crippen molar-refractivity contribution in [2.45, 2.75) is 18.1 Å². The predicted octanol–water partition coefficient (Wildman–Crippen LogP) is 1.28. The summed E-state index contributed by atoms with van der Waals surface area (Å²) in [6.07, 6.45) is 1.02. The molecule has 0 bridgehead atoms. The number of anilines is 1. The van der Waals surface area contributed by atoms with Gasteiger partial charge in [0, 0.05) is 12.6 Å². The van der Waals surface area contributed by atoms with Crippen LogP contribution in [0.2, 0.25) is 0 Å². The third kappa shape index (κ3) is 3.13. The number of para-hydroxylation sites is 1. The first kappa shape index (κ1) is 15.2. The molecule has 21 heavy (non-hydrogen) atoms. The number of rotatable bonds is 5. The second kappa shape index (κ2) is 5.68. The smallest absolute Gasteiger partial charge is 0.338 e. The molecule has 2 rings (SSSR count). The van der Waals surface area contributed by atoms with Crippen LogP contribution in [0.5, 0.6) is 0 Å². The molecule has 1 heterocycles. The van der Waals surface area contributed by atoms with E-state index in [1.807, 2.05) is 0 Å². The number of hydrogen-bond donors (Lipinski definition) is 2. The van der Waals surface area contributed by atoms with Gasteiger partial charge in [0.25, 0.3) is 5.69 Å². The summed E-state index contributed by atoms with van der Waals surface area (Å²) >= 11 is 0. The van der Waals surface area contributed by atoms with E-state index >= 15 is 0 Å². The van der Waals surface area contributed by atoms with E-state index in [2.05, 4.69) is 5.32 Å². The van der Waals surface area contributed by atoms with Gasteiger partial charge >= 0.3 is 5.97 Å². The van der Waals surface area contributed by atoms with Gasteiger partial charge in [-0.3, -0.25) is 10.1 Å². The maximum Gasteiger partial charge on any atom is 0.338 e. The number of benzene rings is 1. The first-order chi connectivity index (χ1) is 9.83. The van der Waals surface area contributed by atoms with Crippen LogP contribution in [0.1, 0.15) is 23.2 Å². The van der Waals surface area contributed by atoms with Crippen molar-refractivity contribution >= 4 is 27.2 Å². The molecule has 0 aliphatic carbocycles. The molecule has 0 saturated carbocycles. The van der Waals surface area contributed by atoms with E-state index < -0.39 is 26.0 Å². The van der Waals surface area contributed by atoms with Crippen LogP contribution in [-0.4, -0.2) is 42.0 Å². The van der Waals surface area contributed by atoms with E-state index in [1.54, 1.807) is 0 Å². The summed E-state index contributed by atoms with van der Waals surface area (Å²) in [6.45, 7) is -0.0343. The number of hydrogen-bond acceptors (Lipinski definition) is 6. The molecule has 1 unspecified atom stereocenters. The lowest BCUT2D eigenvalue weighted by molar-refractivity contribution is -0.384. The second-order valence-electron chi connectivity index (χ2n) is 4.77. The Hall–Kier alpha value is -2.16. The molecule has 1 aromatic rings. The molecule has 1 aliphatic rings. The van der Waals surface area contributed by atoms with Crippen LogP contribution in [0.3, 0.4) is 0 Å². The summed E-state index contributed by atoms with van der Waals surface area (Å²) in [5.41, 5.74) is -0.790. The van der Waals surface area contributed by atoms with Crippen molar-refractivity contribution in [3.63, 3.8) is 0 Å². The first-order valence-electron chi connectivity index (χ1n) is 6.29. The molecule has 1 fully saturated rings. The van der Waals surface area contributed by atoms with Gasteiger partial charge in [-0.15, -0.1) is 0 Å². The van der Waals surface area contributed by atoms with E-state index in [4.69, 9.17) is 5.11 Å². The summed E-state index contributed by atoms with van der Waals surface area (Å²) in [7, 11) is -3.20. The molecule has 0 spiro atoms. The van der Waals surface area contributed by atoms with Gasteiger partial charge in [0.2, 0.25) is 0 Å². The number of carboxylic acids is 1. The van der Waals surface area contributed by atoms with E-state index in [1.165, 1.54) is 18.2 Å². The molecule has 8 nitrogen and oxygen atoms in total. The van der Waals surface area contributed by atoms with Crippen LogP contribution < -0.4 is 5.32 Å². The van der Waals surface area contributed by atoms with Crippen molar-refractivity contribution in [1.29, 1.82) is 0 Å². The molecule has 2 N–H and O–H groups in total. The van der Waals surface area contributed by atoms with Gasteiger partial charge in [0.1, 0.15) is 5.69 Å². The average Bonchev–Trinajstić information content (AvgIpc) is 2.74. The minimum absolute atomic E-state index is 0.0343. The van der Waals surface area contributed by atoms with Crippen molar-refractivity contribution in [2.24, 2.45) is 0 Å². The topological polar surface area (TPSA) is 127 Å². The maximum atomic E-state index is 11.7. The van der Waals surface area contributed by atoms with Crippen LogP contribution in [0.25, 0.3) is 0 Å². The maximum absolute atomic E-state index is 11.7. The van der Waals surface area contributed by atoms with E-state index in [0.717, 1.165) is 0 Å². The Morgan fingerprint density at radius 3 is 2.71 bits per heavy atom. The lowest BCUT2D eigenvalue weighted by atomic mass is 10.1. The molecule has 1 saturated heterocycles. The number of nitro benzene ring substituents is 1. The van der Waals surface area contributed by atoms with Crippen molar-refractivity contribution in [3.05, 3.63) is 33.9 Å². The molecule has 0 radical (unpaired) electrons. The van der Waals surface area contributed by atoms with Crippen LogP contribution in [0.4, 0.5) is 11.4 Å². The van der Waals surface area contributed by atoms with Gasteiger partial charge in [0.05, 0.1) is 21.5 Å². The van der Waals surface area contributed by atoms with Gasteiger partial charge in [-0.25, -0.2) is 13.2 Å². The SMILES string of the molecule is O=C(O)c1cccc([N+](=O)[O-])c1NCC1CCCS1(=O)=O. The minimum Gasteiger partial charge on any atom is -0.478 e. The summed E-state index contributed by atoms with van der Waals surface area (Å²) < 4.78 is 23.5. The zero-order valence-electron chi connectivity index (χ0n) is 11.0. The van der Waals surface area contributed by atoms with E-state index in [0.29, 0.717) is 12.8 Å². The normalized spacial score (nSPS) is 20.1. The van der Waals surface area contributed by atoms with Crippen LogP contribution >= 0.6 is 0 Å². The molecular weight excluding hydrogens is 300 g/mol. The quantitative estimate of drug-likeness (QED) is 0.619. The second-order valence-corrected chi connectivity index (χ2v) is 7.17. The number of nitro groups is 1. The molecule has 1 aliphatic heterocycles. The monoisotopic (exact) mass is 314 g/mol. The Balaban J connectivity index is 2.30. The van der Waals surface area contributed by atoms with Gasteiger partial charge in [-0.1, -0.05) is 6.07 Å². The van der Waals surface area contributed by atoms with Crippen LogP contribution in [0.15, 0.2) is 18.2 Å². The zero-order chi connectivity index (χ0) is 15.6. The van der Waals surface area contributed by atoms with Crippen molar-refractivity contribution in [1.82, 2.24) is 0 Å². The van der Waals surface area contributed by atoms with Gasteiger partial charge in [-0.05, 0) is 18.9 Å². The lowest BCUT2D eigenvalue weighted by Crippen LogP contribution is -2.26. The Morgan fingerprint density at radius 1 is 1.48 bits per heavy atom. The largest absolute Gasteiger partial charge is 0.478 e. The summed E-state index contributed by atoms with van der Waals surface area (Å²) in [5, 5.41) is 22.1. The number of nitrogens with zero attached hydrogens (tertiary/aromatic N) is 1. The molecule has 0 amide bonds. The molecule has 114 valence electrons. The Bertz CT molecular complexity index is 653. The fraction of sp³-hybridized carbons (Fsp3) is 0.417. The first-order valence-corrected chi connectivity index (χ1v) is 8.00. The molecule has 1 aromatic carbocycles. The highest BCUT2D eigenvalue weighted by molar-refractivity contribution is 7.92. The highest BCUT2D eigenvalue weighted by Gasteiger charge is 2.32. The Kier molecular flexibility index (Phi) is 4.12. The standard InChI is InChI=1S/C12H14N2O6S/c15-12(16)9-4-1-5-10(14(17)18)11(9)13-7-8-3-2-6-21(8,19)20/h1,4-5,8,13H,2-3,6-7H2,(H,15,16). The molecule has 0 aromatic heterocycles. The van der Waals surface area contributed by atoms with Gasteiger partial charge in [0.15, 0.2) is 9.84 Å². The third-order valence-electron chi connectivity index (χ3n) is 3.44. The summed E-state index contributed by atoms with van der Waals surface area (Å²) in [5.74, 6) is -1.21. The fourth-order valence-corrected chi connectivity index (χ4v) is 4.13. The molecule has 9 heteroatoms.